The number of aryl methyl sites for hydroxylation is 1. The van der Waals surface area contributed by atoms with E-state index in [0.29, 0.717) is 5.75 Å². The van der Waals surface area contributed by atoms with Crippen LogP contribution in [-0.2, 0) is 33.3 Å². The lowest BCUT2D eigenvalue weighted by molar-refractivity contribution is -0.192. The molecule has 1 aliphatic heterocycles. The number of carbonyl (C=O) groups is 3. The molecule has 0 fully saturated rings. The molecule has 1 aromatic carbocycles. The minimum absolute atomic E-state index is 0.0494. The molecule has 2 rings (SSSR count). The predicted octanol–water partition coefficient (Wildman–Crippen LogP) is 2.04. The van der Waals surface area contributed by atoms with E-state index in [1.165, 1.54) is 26.8 Å². The molecule has 0 spiro atoms. The molecule has 146 valence electrons. The topological polar surface area (TPSA) is 97.4 Å². The first-order valence-electron chi connectivity index (χ1n) is 8.34. The summed E-state index contributed by atoms with van der Waals surface area (Å²) in [6.07, 6.45) is -1.40. The summed E-state index contributed by atoms with van der Waals surface area (Å²) in [6, 6.07) is 7.18. The summed E-state index contributed by atoms with van der Waals surface area (Å²) in [6.45, 7) is 5.49. The van der Waals surface area contributed by atoms with E-state index in [1.807, 2.05) is 19.1 Å². The summed E-state index contributed by atoms with van der Waals surface area (Å²) in [5.74, 6) is -1.12. The van der Waals surface area contributed by atoms with Crippen LogP contribution in [0.2, 0.25) is 0 Å². The first-order chi connectivity index (χ1) is 12.7. The summed E-state index contributed by atoms with van der Waals surface area (Å²) in [5.41, 5.74) is 1.05. The van der Waals surface area contributed by atoms with Gasteiger partial charge in [-0.3, -0.25) is 14.4 Å². The van der Waals surface area contributed by atoms with Crippen molar-refractivity contribution in [1.29, 1.82) is 0 Å². The summed E-state index contributed by atoms with van der Waals surface area (Å²) in [7, 11) is 0. The van der Waals surface area contributed by atoms with Gasteiger partial charge >= 0.3 is 17.9 Å². The van der Waals surface area contributed by atoms with E-state index in [2.05, 4.69) is 0 Å². The third-order valence-corrected chi connectivity index (χ3v) is 3.50. The van der Waals surface area contributed by atoms with E-state index >= 15 is 0 Å². The van der Waals surface area contributed by atoms with Crippen molar-refractivity contribution in [2.75, 3.05) is 6.61 Å². The van der Waals surface area contributed by atoms with Crippen LogP contribution in [0.25, 0.3) is 0 Å². The third kappa shape index (κ3) is 6.41. The van der Waals surface area contributed by atoms with Gasteiger partial charge in [-0.1, -0.05) is 17.7 Å². The van der Waals surface area contributed by atoms with Gasteiger partial charge in [-0.15, -0.1) is 0 Å². The smallest absolute Gasteiger partial charge is 0.307 e. The van der Waals surface area contributed by atoms with Crippen molar-refractivity contribution in [3.05, 3.63) is 41.7 Å². The fraction of sp³-hybridized carbons (Fsp3) is 0.421. The van der Waals surface area contributed by atoms with Gasteiger partial charge < -0.3 is 23.7 Å². The molecule has 8 heteroatoms. The van der Waals surface area contributed by atoms with Crippen molar-refractivity contribution in [2.24, 2.45) is 0 Å². The molecule has 0 radical (unpaired) electrons. The summed E-state index contributed by atoms with van der Waals surface area (Å²) < 4.78 is 26.9. The first kappa shape index (κ1) is 20.4. The third-order valence-electron chi connectivity index (χ3n) is 3.50. The molecule has 0 amide bonds. The zero-order valence-corrected chi connectivity index (χ0v) is 15.6. The number of hydrogen-bond donors (Lipinski definition) is 0. The lowest BCUT2D eigenvalue weighted by atomic mass is 10.1. The number of rotatable bonds is 6. The SMILES string of the molecule is CC(=O)OC[C@H]1O[C@H](Oc2ccc(C)cc2)C(OC(C)=O)=C[C@@H]1OC(C)=O. The van der Waals surface area contributed by atoms with Gasteiger partial charge in [-0.05, 0) is 19.1 Å². The van der Waals surface area contributed by atoms with Crippen molar-refractivity contribution in [2.45, 2.75) is 46.2 Å². The molecule has 8 nitrogen and oxygen atoms in total. The van der Waals surface area contributed by atoms with Gasteiger partial charge in [0.05, 0.1) is 0 Å². The van der Waals surface area contributed by atoms with Crippen LogP contribution in [0.1, 0.15) is 26.3 Å². The van der Waals surface area contributed by atoms with Crippen molar-refractivity contribution < 1.29 is 38.1 Å². The highest BCUT2D eigenvalue weighted by Crippen LogP contribution is 2.26. The molecule has 1 aromatic rings. The van der Waals surface area contributed by atoms with Crippen LogP contribution in [0, 0.1) is 6.92 Å². The summed E-state index contributed by atoms with van der Waals surface area (Å²) in [4.78, 5) is 33.9. The Bertz CT molecular complexity index is 722. The number of carbonyl (C=O) groups excluding carboxylic acids is 3. The number of benzene rings is 1. The number of hydrogen-bond acceptors (Lipinski definition) is 8. The molecule has 1 heterocycles. The molecule has 27 heavy (non-hydrogen) atoms. The van der Waals surface area contributed by atoms with Gasteiger partial charge in [0.1, 0.15) is 18.5 Å². The second-order valence-corrected chi connectivity index (χ2v) is 5.98. The maximum atomic E-state index is 11.4. The Morgan fingerprint density at radius 3 is 2.22 bits per heavy atom. The molecule has 0 aromatic heterocycles. The fourth-order valence-electron chi connectivity index (χ4n) is 2.36. The molecule has 0 saturated heterocycles. The maximum Gasteiger partial charge on any atom is 0.307 e. The Hall–Kier alpha value is -2.87. The van der Waals surface area contributed by atoms with Crippen LogP contribution in [0.15, 0.2) is 36.1 Å². The number of esters is 3. The second kappa shape index (κ2) is 9.18. The average Bonchev–Trinajstić information content (AvgIpc) is 2.56. The lowest BCUT2D eigenvalue weighted by Gasteiger charge is -2.34. The van der Waals surface area contributed by atoms with Crippen LogP contribution >= 0.6 is 0 Å². The molecule has 3 atom stereocenters. The van der Waals surface area contributed by atoms with Gasteiger partial charge in [-0.2, -0.15) is 0 Å². The zero-order chi connectivity index (χ0) is 20.0. The van der Waals surface area contributed by atoms with Gasteiger partial charge in [0.25, 0.3) is 6.29 Å². The van der Waals surface area contributed by atoms with Crippen LogP contribution in [0.5, 0.6) is 5.75 Å². The van der Waals surface area contributed by atoms with Gasteiger partial charge in [0.2, 0.25) is 0 Å². The van der Waals surface area contributed by atoms with E-state index in [1.54, 1.807) is 12.1 Å². The number of ether oxygens (including phenoxy) is 5. The Labute approximate surface area is 157 Å². The van der Waals surface area contributed by atoms with Crippen LogP contribution < -0.4 is 4.74 Å². The van der Waals surface area contributed by atoms with E-state index in [4.69, 9.17) is 23.7 Å². The highest BCUT2D eigenvalue weighted by Gasteiger charge is 2.37. The normalized spacial score (nSPS) is 21.6. The van der Waals surface area contributed by atoms with E-state index in [-0.39, 0.29) is 12.4 Å². The van der Waals surface area contributed by atoms with Crippen molar-refractivity contribution in [3.63, 3.8) is 0 Å². The Morgan fingerprint density at radius 1 is 1.00 bits per heavy atom. The minimum Gasteiger partial charge on any atom is -0.463 e. The van der Waals surface area contributed by atoms with Gasteiger partial charge in [-0.25, -0.2) is 0 Å². The van der Waals surface area contributed by atoms with Crippen molar-refractivity contribution in [3.8, 4) is 5.75 Å². The van der Waals surface area contributed by atoms with Crippen molar-refractivity contribution >= 4 is 17.9 Å². The monoisotopic (exact) mass is 378 g/mol. The maximum absolute atomic E-state index is 11.4. The first-order valence-corrected chi connectivity index (χ1v) is 8.34. The van der Waals surface area contributed by atoms with Crippen LogP contribution in [0.4, 0.5) is 0 Å². The summed E-state index contributed by atoms with van der Waals surface area (Å²) >= 11 is 0. The largest absolute Gasteiger partial charge is 0.463 e. The molecule has 0 aliphatic carbocycles. The standard InChI is InChI=1S/C19H22O8/c1-11-5-7-15(8-6-11)26-19-17(25-14(4)22)9-16(24-13(3)21)18(27-19)10-23-12(2)20/h5-9,16,18-19H,10H2,1-4H3/t16-,18+,19-/m0/s1. The van der Waals surface area contributed by atoms with Crippen LogP contribution in [-0.4, -0.2) is 43.0 Å². The Kier molecular flexibility index (Phi) is 6.95. The molecule has 0 saturated carbocycles. The van der Waals surface area contributed by atoms with Gasteiger partial charge in [0, 0.05) is 26.8 Å². The molecule has 1 aliphatic rings. The Morgan fingerprint density at radius 2 is 1.67 bits per heavy atom. The quantitative estimate of drug-likeness (QED) is 0.548. The molecule has 0 bridgehead atoms. The summed E-state index contributed by atoms with van der Waals surface area (Å²) in [5, 5.41) is 0. The van der Waals surface area contributed by atoms with E-state index in [0.717, 1.165) is 5.56 Å². The minimum atomic E-state index is -1.08. The van der Waals surface area contributed by atoms with Crippen LogP contribution in [0.3, 0.4) is 0 Å². The molecular weight excluding hydrogens is 356 g/mol. The van der Waals surface area contributed by atoms with Crippen molar-refractivity contribution in [1.82, 2.24) is 0 Å². The molecule has 0 unspecified atom stereocenters. The zero-order valence-electron chi connectivity index (χ0n) is 15.6. The van der Waals surface area contributed by atoms with Gasteiger partial charge in [0.15, 0.2) is 11.9 Å². The average molecular weight is 378 g/mol. The van der Waals surface area contributed by atoms with E-state index in [9.17, 15) is 14.4 Å². The highest BCUT2D eigenvalue weighted by atomic mass is 16.7. The van der Waals surface area contributed by atoms with E-state index < -0.39 is 36.4 Å². The molecule has 0 N–H and O–H groups in total. The lowest BCUT2D eigenvalue weighted by Crippen LogP contribution is -2.45. The Balaban J connectivity index is 2.27. The molecular formula is C19H22O8. The fourth-order valence-corrected chi connectivity index (χ4v) is 2.36. The predicted molar refractivity (Wildman–Crippen MR) is 92.5 cm³/mol. The second-order valence-electron chi connectivity index (χ2n) is 5.98. The highest BCUT2D eigenvalue weighted by molar-refractivity contribution is 5.68.